The minimum atomic E-state index is -0.667. The summed E-state index contributed by atoms with van der Waals surface area (Å²) in [6.07, 6.45) is 4.85. The smallest absolute Gasteiger partial charge is 0.334 e. The number of ether oxygens (including phenoxy) is 2. The minimum absolute atomic E-state index is 0.360. The molecule has 0 aromatic heterocycles. The Kier molecular flexibility index (Phi) is 4.42. The summed E-state index contributed by atoms with van der Waals surface area (Å²) in [5, 5.41) is 0. The van der Waals surface area contributed by atoms with Gasteiger partial charge >= 0.3 is 11.9 Å². The summed E-state index contributed by atoms with van der Waals surface area (Å²) >= 11 is 0. The van der Waals surface area contributed by atoms with E-state index < -0.39 is 10.8 Å². The summed E-state index contributed by atoms with van der Waals surface area (Å²) in [6, 6.07) is 19.8. The van der Waals surface area contributed by atoms with Crippen molar-refractivity contribution in [2.24, 2.45) is 0 Å². The van der Waals surface area contributed by atoms with Crippen LogP contribution in [0.5, 0.6) is 0 Å². The Balaban J connectivity index is 2.03. The highest BCUT2D eigenvalue weighted by molar-refractivity contribution is 6.00. The Labute approximate surface area is 164 Å². The first-order valence-electron chi connectivity index (χ1n) is 9.31. The Bertz CT molecular complexity index is 895. The van der Waals surface area contributed by atoms with E-state index in [0.717, 1.165) is 11.1 Å². The van der Waals surface area contributed by atoms with Gasteiger partial charge < -0.3 is 9.47 Å². The molecule has 28 heavy (non-hydrogen) atoms. The Morgan fingerprint density at radius 2 is 1.11 bits per heavy atom. The first-order valence-corrected chi connectivity index (χ1v) is 9.31. The fraction of sp³-hybridized carbons (Fsp3) is 0.250. The first kappa shape index (κ1) is 18.2. The average Bonchev–Trinajstić information content (AvgIpc) is 3.47. The molecule has 0 saturated heterocycles. The van der Waals surface area contributed by atoms with Crippen molar-refractivity contribution < 1.29 is 19.1 Å². The molecule has 142 valence electrons. The van der Waals surface area contributed by atoms with Crippen molar-refractivity contribution in [3.05, 3.63) is 95.1 Å². The molecule has 0 heterocycles. The van der Waals surface area contributed by atoms with E-state index in [1.54, 1.807) is 0 Å². The predicted molar refractivity (Wildman–Crippen MR) is 106 cm³/mol. The second kappa shape index (κ2) is 6.79. The van der Waals surface area contributed by atoms with Crippen molar-refractivity contribution >= 4 is 11.9 Å². The summed E-state index contributed by atoms with van der Waals surface area (Å²) in [7, 11) is 2.79. The maximum absolute atomic E-state index is 12.8. The van der Waals surface area contributed by atoms with E-state index in [-0.39, 0.29) is 11.9 Å². The predicted octanol–water partition coefficient (Wildman–Crippen LogP) is 3.87. The zero-order valence-corrected chi connectivity index (χ0v) is 16.0. The molecular formula is C24H22O4. The number of fused-ring (bicyclic) bond motifs is 1. The zero-order chi connectivity index (χ0) is 19.8. The van der Waals surface area contributed by atoms with E-state index >= 15 is 0 Å². The van der Waals surface area contributed by atoms with Crippen LogP contribution in [0.3, 0.4) is 0 Å². The van der Waals surface area contributed by atoms with Gasteiger partial charge in [-0.2, -0.15) is 0 Å². The fourth-order valence-corrected chi connectivity index (χ4v) is 4.84. The lowest BCUT2D eigenvalue weighted by Crippen LogP contribution is -2.32. The zero-order valence-electron chi connectivity index (χ0n) is 16.0. The average molecular weight is 374 g/mol. The molecule has 2 aliphatic carbocycles. The molecule has 2 atom stereocenters. The highest BCUT2D eigenvalue weighted by Gasteiger charge is 2.74. The Morgan fingerprint density at radius 1 is 0.714 bits per heavy atom. The molecule has 2 aliphatic rings. The van der Waals surface area contributed by atoms with Crippen LogP contribution in [0.15, 0.2) is 84.0 Å². The van der Waals surface area contributed by atoms with Crippen LogP contribution in [0, 0.1) is 0 Å². The second-order valence-corrected chi connectivity index (χ2v) is 7.17. The van der Waals surface area contributed by atoms with Crippen LogP contribution < -0.4 is 0 Å². The molecule has 1 fully saturated rings. The third kappa shape index (κ3) is 2.37. The molecule has 2 aromatic rings. The monoisotopic (exact) mass is 374 g/mol. The summed E-state index contributed by atoms with van der Waals surface area (Å²) in [5.41, 5.74) is 1.85. The van der Waals surface area contributed by atoms with Gasteiger partial charge in [-0.15, -0.1) is 0 Å². The molecule has 0 unspecified atom stereocenters. The number of hydrogen-bond acceptors (Lipinski definition) is 4. The number of esters is 2. The summed E-state index contributed by atoms with van der Waals surface area (Å²) < 4.78 is 10.3. The normalized spacial score (nSPS) is 25.5. The van der Waals surface area contributed by atoms with Gasteiger partial charge in [0.25, 0.3) is 0 Å². The van der Waals surface area contributed by atoms with Gasteiger partial charge in [0.15, 0.2) is 0 Å². The fourth-order valence-electron chi connectivity index (χ4n) is 4.84. The summed E-state index contributed by atoms with van der Waals surface area (Å²) in [6.45, 7) is 0. The number of carbonyl (C=O) groups is 2. The Hall–Kier alpha value is -3.14. The number of rotatable bonds is 4. The number of benzene rings is 2. The van der Waals surface area contributed by atoms with Crippen LogP contribution in [0.1, 0.15) is 24.0 Å². The lowest BCUT2D eigenvalue weighted by Gasteiger charge is -2.28. The van der Waals surface area contributed by atoms with Gasteiger partial charge in [-0.25, -0.2) is 9.59 Å². The molecule has 0 N–H and O–H groups in total. The van der Waals surface area contributed by atoms with E-state index in [1.807, 2.05) is 72.8 Å². The van der Waals surface area contributed by atoms with Crippen LogP contribution in [-0.4, -0.2) is 26.2 Å². The number of hydrogen-bond donors (Lipinski definition) is 0. The molecular weight excluding hydrogens is 352 g/mol. The molecule has 0 spiro atoms. The SMILES string of the molecule is COC(=O)C1=CCC=C(C(=O)OC)[C@@]2(c3ccccc3)C[C@@]12c1ccccc1. The molecule has 0 bridgehead atoms. The second-order valence-electron chi connectivity index (χ2n) is 7.17. The van der Waals surface area contributed by atoms with E-state index in [4.69, 9.17) is 9.47 Å². The van der Waals surface area contributed by atoms with Gasteiger partial charge in [-0.05, 0) is 24.0 Å². The van der Waals surface area contributed by atoms with Crippen LogP contribution in [0.4, 0.5) is 0 Å². The molecule has 2 aromatic carbocycles. The molecule has 4 heteroatoms. The molecule has 0 radical (unpaired) electrons. The molecule has 1 saturated carbocycles. The number of carbonyl (C=O) groups excluding carboxylic acids is 2. The van der Waals surface area contributed by atoms with Gasteiger partial charge in [-0.3, -0.25) is 0 Å². The third-order valence-electron chi connectivity index (χ3n) is 6.04. The quantitative estimate of drug-likeness (QED) is 0.763. The molecule has 0 amide bonds. The number of methoxy groups -OCH3 is 2. The van der Waals surface area contributed by atoms with Crippen LogP contribution in [-0.2, 0) is 29.9 Å². The van der Waals surface area contributed by atoms with Crippen molar-refractivity contribution in [3.63, 3.8) is 0 Å². The lowest BCUT2D eigenvalue weighted by molar-refractivity contribution is -0.138. The first-order chi connectivity index (χ1) is 13.6. The summed E-state index contributed by atoms with van der Waals surface area (Å²) in [5.74, 6) is -0.720. The van der Waals surface area contributed by atoms with Gasteiger partial charge in [0.05, 0.1) is 14.2 Å². The van der Waals surface area contributed by atoms with Crippen molar-refractivity contribution in [1.29, 1.82) is 0 Å². The molecule has 4 nitrogen and oxygen atoms in total. The van der Waals surface area contributed by atoms with Crippen molar-refractivity contribution in [2.75, 3.05) is 14.2 Å². The topological polar surface area (TPSA) is 52.6 Å². The molecule has 4 rings (SSSR count). The van der Waals surface area contributed by atoms with E-state index in [0.29, 0.717) is 24.0 Å². The number of allylic oxidation sites excluding steroid dienone is 2. The lowest BCUT2D eigenvalue weighted by atomic mass is 9.74. The largest absolute Gasteiger partial charge is 0.466 e. The standard InChI is InChI=1S/C24H22O4/c1-27-21(25)19-14-9-15-20(22(26)28-2)24(18-12-7-4-8-13-18)16-23(19,24)17-10-5-3-6-11-17/h3-8,10-15H,9,16H2,1-2H3/t23-,24+. The van der Waals surface area contributed by atoms with Gasteiger partial charge in [0.1, 0.15) is 0 Å². The van der Waals surface area contributed by atoms with E-state index in [1.165, 1.54) is 14.2 Å². The van der Waals surface area contributed by atoms with Crippen LogP contribution in [0.25, 0.3) is 0 Å². The maximum atomic E-state index is 12.8. The highest BCUT2D eigenvalue weighted by atomic mass is 16.5. The highest BCUT2D eigenvalue weighted by Crippen LogP contribution is 2.73. The van der Waals surface area contributed by atoms with Gasteiger partial charge in [0, 0.05) is 22.0 Å². The third-order valence-corrected chi connectivity index (χ3v) is 6.04. The Morgan fingerprint density at radius 3 is 1.46 bits per heavy atom. The van der Waals surface area contributed by atoms with Crippen molar-refractivity contribution in [2.45, 2.75) is 23.7 Å². The van der Waals surface area contributed by atoms with Crippen molar-refractivity contribution in [1.82, 2.24) is 0 Å². The van der Waals surface area contributed by atoms with Gasteiger partial charge in [-0.1, -0.05) is 72.8 Å². The van der Waals surface area contributed by atoms with Crippen LogP contribution in [0.2, 0.25) is 0 Å². The van der Waals surface area contributed by atoms with Crippen LogP contribution >= 0.6 is 0 Å². The maximum Gasteiger partial charge on any atom is 0.334 e. The summed E-state index contributed by atoms with van der Waals surface area (Å²) in [4.78, 5) is 25.7. The van der Waals surface area contributed by atoms with Crippen molar-refractivity contribution in [3.8, 4) is 0 Å². The minimum Gasteiger partial charge on any atom is -0.466 e. The van der Waals surface area contributed by atoms with Gasteiger partial charge in [0.2, 0.25) is 0 Å². The molecule has 0 aliphatic heterocycles. The van der Waals surface area contributed by atoms with E-state index in [9.17, 15) is 9.59 Å². The van der Waals surface area contributed by atoms with E-state index in [2.05, 4.69) is 0 Å².